The van der Waals surface area contributed by atoms with Gasteiger partial charge in [0.1, 0.15) is 26.2 Å². The number of nitrogens with one attached hydrogen (secondary N) is 2. The van der Waals surface area contributed by atoms with Crippen molar-refractivity contribution in [3.05, 3.63) is 35.9 Å². The molecular formula is C18H30N2+2. The minimum atomic E-state index is 0.828. The van der Waals surface area contributed by atoms with Crippen LogP contribution in [0.2, 0.25) is 0 Å². The van der Waals surface area contributed by atoms with Gasteiger partial charge in [0, 0.05) is 0 Å². The molecule has 20 heavy (non-hydrogen) atoms. The second kappa shape index (κ2) is 6.73. The van der Waals surface area contributed by atoms with Gasteiger partial charge < -0.3 is 9.80 Å². The summed E-state index contributed by atoms with van der Waals surface area (Å²) in [4.78, 5) is 3.72. The van der Waals surface area contributed by atoms with Crippen molar-refractivity contribution in [1.29, 1.82) is 0 Å². The summed E-state index contributed by atoms with van der Waals surface area (Å²) in [6.45, 7) is 9.24. The lowest BCUT2D eigenvalue weighted by molar-refractivity contribution is -1.02. The molecule has 2 nitrogen and oxygen atoms in total. The molecule has 2 aliphatic rings. The average Bonchev–Trinajstić information content (AvgIpc) is 2.56. The van der Waals surface area contributed by atoms with Gasteiger partial charge >= 0.3 is 0 Å². The highest BCUT2D eigenvalue weighted by Crippen LogP contribution is 2.31. The molecule has 1 saturated heterocycles. The fraction of sp³-hybridized carbons (Fsp3) is 0.667. The first-order valence-electron chi connectivity index (χ1n) is 8.60. The largest absolute Gasteiger partial charge is 0.326 e. The first kappa shape index (κ1) is 14.1. The van der Waals surface area contributed by atoms with E-state index in [0.29, 0.717) is 0 Å². The van der Waals surface area contributed by atoms with E-state index in [9.17, 15) is 0 Å². The van der Waals surface area contributed by atoms with Crippen molar-refractivity contribution in [3.8, 4) is 0 Å². The first-order chi connectivity index (χ1) is 9.86. The molecule has 2 fully saturated rings. The van der Waals surface area contributed by atoms with Crippen LogP contribution in [0.15, 0.2) is 30.3 Å². The first-order valence-corrected chi connectivity index (χ1v) is 8.60. The fourth-order valence-corrected chi connectivity index (χ4v) is 4.25. The molecule has 1 aromatic carbocycles. The number of rotatable bonds is 3. The minimum absolute atomic E-state index is 0.828. The van der Waals surface area contributed by atoms with Crippen LogP contribution in [0, 0.1) is 0 Å². The van der Waals surface area contributed by atoms with Crippen LogP contribution in [-0.2, 0) is 0 Å². The van der Waals surface area contributed by atoms with Crippen LogP contribution in [0.5, 0.6) is 0 Å². The van der Waals surface area contributed by atoms with E-state index in [0.717, 1.165) is 12.0 Å². The highest BCUT2D eigenvalue weighted by Gasteiger charge is 2.32. The highest BCUT2D eigenvalue weighted by atomic mass is 15.3. The van der Waals surface area contributed by atoms with Gasteiger partial charge in [-0.05, 0) is 44.1 Å². The Labute approximate surface area is 123 Å². The fourth-order valence-electron chi connectivity index (χ4n) is 4.25. The topological polar surface area (TPSA) is 8.88 Å². The van der Waals surface area contributed by atoms with Crippen molar-refractivity contribution in [2.45, 2.75) is 44.6 Å². The van der Waals surface area contributed by atoms with Crippen molar-refractivity contribution in [2.75, 3.05) is 32.7 Å². The third-order valence-electron chi connectivity index (χ3n) is 5.67. The van der Waals surface area contributed by atoms with E-state index >= 15 is 0 Å². The smallest absolute Gasteiger partial charge is 0.127 e. The quantitative estimate of drug-likeness (QED) is 0.795. The maximum atomic E-state index is 2.32. The monoisotopic (exact) mass is 274 g/mol. The number of quaternary nitrogens is 2. The van der Waals surface area contributed by atoms with E-state index in [4.69, 9.17) is 0 Å². The van der Waals surface area contributed by atoms with Gasteiger partial charge in [0.15, 0.2) is 0 Å². The second-order valence-corrected chi connectivity index (χ2v) is 6.72. The van der Waals surface area contributed by atoms with Crippen LogP contribution in [0.3, 0.4) is 0 Å². The summed E-state index contributed by atoms with van der Waals surface area (Å²) in [5.41, 5.74) is 1.57. The summed E-state index contributed by atoms with van der Waals surface area (Å²) < 4.78 is 0. The second-order valence-electron chi connectivity index (χ2n) is 6.72. The molecule has 1 saturated carbocycles. The molecule has 0 bridgehead atoms. The molecule has 1 aliphatic heterocycles. The van der Waals surface area contributed by atoms with Gasteiger partial charge in [-0.3, -0.25) is 0 Å². The number of piperazine rings is 1. The lowest BCUT2D eigenvalue weighted by Gasteiger charge is -2.37. The van der Waals surface area contributed by atoms with E-state index in [-0.39, 0.29) is 0 Å². The number of likely N-dealkylation sites (N-methyl/N-ethyl adjacent to an activating group) is 1. The van der Waals surface area contributed by atoms with Gasteiger partial charge in [0.25, 0.3) is 0 Å². The Morgan fingerprint density at radius 3 is 2.15 bits per heavy atom. The molecule has 0 amide bonds. The number of hydrogen-bond acceptors (Lipinski definition) is 0. The van der Waals surface area contributed by atoms with Crippen LogP contribution < -0.4 is 9.80 Å². The molecule has 1 aromatic rings. The van der Waals surface area contributed by atoms with Crippen LogP contribution in [0.4, 0.5) is 0 Å². The summed E-state index contributed by atoms with van der Waals surface area (Å²) in [5.74, 6) is 0.828. The van der Waals surface area contributed by atoms with E-state index in [2.05, 4.69) is 37.3 Å². The van der Waals surface area contributed by atoms with Crippen molar-refractivity contribution >= 4 is 0 Å². The maximum absolute atomic E-state index is 2.32. The average molecular weight is 274 g/mol. The third kappa shape index (κ3) is 3.24. The molecule has 2 N–H and O–H groups in total. The molecule has 3 rings (SSSR count). The standard InChI is InChI=1S/C18H28N2/c1-2-19-12-14-20(15-13-19)18-10-8-17(9-11-18)16-6-4-3-5-7-16/h3-7,17-18H,2,8-15H2,1H3/p+2. The Morgan fingerprint density at radius 1 is 0.900 bits per heavy atom. The lowest BCUT2D eigenvalue weighted by atomic mass is 9.81. The molecular weight excluding hydrogens is 244 g/mol. The van der Waals surface area contributed by atoms with Gasteiger partial charge in [0.2, 0.25) is 0 Å². The zero-order chi connectivity index (χ0) is 13.8. The normalized spacial score (nSPS) is 34.9. The zero-order valence-electron chi connectivity index (χ0n) is 12.9. The van der Waals surface area contributed by atoms with Crippen LogP contribution in [0.1, 0.15) is 44.1 Å². The van der Waals surface area contributed by atoms with Crippen molar-refractivity contribution in [1.82, 2.24) is 0 Å². The molecule has 0 aromatic heterocycles. The predicted molar refractivity (Wildman–Crippen MR) is 83.4 cm³/mol. The van der Waals surface area contributed by atoms with E-state index in [1.54, 1.807) is 5.56 Å². The molecule has 1 aliphatic carbocycles. The van der Waals surface area contributed by atoms with Crippen molar-refractivity contribution in [3.63, 3.8) is 0 Å². The Hall–Kier alpha value is -0.860. The van der Waals surface area contributed by atoms with Crippen LogP contribution >= 0.6 is 0 Å². The van der Waals surface area contributed by atoms with E-state index < -0.39 is 0 Å². The van der Waals surface area contributed by atoms with Crippen molar-refractivity contribution in [2.24, 2.45) is 0 Å². The lowest BCUT2D eigenvalue weighted by Crippen LogP contribution is -3.29. The van der Waals surface area contributed by atoms with Crippen LogP contribution in [-0.4, -0.2) is 38.8 Å². The van der Waals surface area contributed by atoms with Crippen LogP contribution in [0.25, 0.3) is 0 Å². The SMILES string of the molecule is CC[NH+]1CC[NH+](C2CCC(c3ccccc3)CC2)CC1. The Bertz CT molecular complexity index is 387. The number of hydrogen-bond donors (Lipinski definition) is 2. The van der Waals surface area contributed by atoms with Gasteiger partial charge in [-0.2, -0.15) is 0 Å². The third-order valence-corrected chi connectivity index (χ3v) is 5.67. The minimum Gasteiger partial charge on any atom is -0.326 e. The molecule has 2 heteroatoms. The van der Waals surface area contributed by atoms with Gasteiger partial charge in [-0.25, -0.2) is 0 Å². The van der Waals surface area contributed by atoms with E-state index in [1.165, 1.54) is 58.4 Å². The Kier molecular flexibility index (Phi) is 4.74. The molecule has 0 atom stereocenters. The zero-order valence-corrected chi connectivity index (χ0v) is 12.9. The summed E-state index contributed by atoms with van der Waals surface area (Å²) in [5, 5.41) is 0. The molecule has 0 radical (unpaired) electrons. The molecule has 1 heterocycles. The summed E-state index contributed by atoms with van der Waals surface area (Å²) in [7, 11) is 0. The Balaban J connectivity index is 1.49. The summed E-state index contributed by atoms with van der Waals surface area (Å²) >= 11 is 0. The van der Waals surface area contributed by atoms with E-state index in [1.807, 2.05) is 9.80 Å². The van der Waals surface area contributed by atoms with Gasteiger partial charge in [0.05, 0.1) is 12.6 Å². The molecule has 110 valence electrons. The molecule has 0 spiro atoms. The molecule has 0 unspecified atom stereocenters. The van der Waals surface area contributed by atoms with Gasteiger partial charge in [-0.1, -0.05) is 30.3 Å². The highest BCUT2D eigenvalue weighted by molar-refractivity contribution is 5.19. The summed E-state index contributed by atoms with van der Waals surface area (Å²) in [6.07, 6.45) is 5.69. The summed E-state index contributed by atoms with van der Waals surface area (Å²) in [6, 6.07) is 12.1. The maximum Gasteiger partial charge on any atom is 0.127 e. The van der Waals surface area contributed by atoms with Gasteiger partial charge in [-0.15, -0.1) is 0 Å². The number of benzene rings is 1. The van der Waals surface area contributed by atoms with Crippen molar-refractivity contribution < 1.29 is 9.80 Å². The Morgan fingerprint density at radius 2 is 1.55 bits per heavy atom. The predicted octanol–water partition coefficient (Wildman–Crippen LogP) is 0.516.